The van der Waals surface area contributed by atoms with Gasteiger partial charge in [-0.05, 0) is 6.92 Å². The summed E-state index contributed by atoms with van der Waals surface area (Å²) in [4.78, 5) is 6.74. The van der Waals surface area contributed by atoms with Crippen molar-refractivity contribution in [1.29, 1.82) is 0 Å². The average molecular weight is 224 g/mol. The molecule has 2 rings (SSSR count). The molecule has 1 atom stereocenters. The van der Waals surface area contributed by atoms with Crippen LogP contribution in [0.4, 0.5) is 0 Å². The molecule has 2 heterocycles. The fourth-order valence-corrected chi connectivity index (χ4v) is 1.91. The summed E-state index contributed by atoms with van der Waals surface area (Å²) in [5.41, 5.74) is 0. The van der Waals surface area contributed by atoms with Gasteiger partial charge in [-0.15, -0.1) is 0 Å². The third-order valence-corrected chi connectivity index (χ3v) is 2.81. The van der Waals surface area contributed by atoms with Crippen molar-refractivity contribution in [2.24, 2.45) is 0 Å². The predicted molar refractivity (Wildman–Crippen MR) is 61.1 cm³/mol. The van der Waals surface area contributed by atoms with E-state index in [1.54, 1.807) is 0 Å². The molecule has 1 aliphatic heterocycles. The van der Waals surface area contributed by atoms with E-state index in [9.17, 15) is 0 Å². The number of hydrogen-bond donors (Lipinski definition) is 1. The van der Waals surface area contributed by atoms with Gasteiger partial charge in [-0.25, -0.2) is 0 Å². The lowest BCUT2D eigenvalue weighted by molar-refractivity contribution is 0.177. The van der Waals surface area contributed by atoms with E-state index in [-0.39, 0.29) is 0 Å². The number of aromatic nitrogens is 2. The topological polar surface area (TPSA) is 54.2 Å². The third kappa shape index (κ3) is 2.80. The quantitative estimate of drug-likeness (QED) is 0.829. The second kappa shape index (κ2) is 4.93. The maximum atomic E-state index is 5.24. The number of nitrogens with one attached hydrogen (secondary N) is 1. The highest BCUT2D eigenvalue weighted by Gasteiger charge is 2.18. The Bertz CT molecular complexity index is 336. The number of nitrogens with zero attached hydrogens (tertiary/aromatic N) is 3. The number of hydrogen-bond acceptors (Lipinski definition) is 5. The summed E-state index contributed by atoms with van der Waals surface area (Å²) in [6.45, 7) is 10.2. The van der Waals surface area contributed by atoms with Crippen LogP contribution >= 0.6 is 0 Å². The summed E-state index contributed by atoms with van der Waals surface area (Å²) >= 11 is 0. The monoisotopic (exact) mass is 224 g/mol. The van der Waals surface area contributed by atoms with Gasteiger partial charge >= 0.3 is 0 Å². The van der Waals surface area contributed by atoms with Crippen LogP contribution in [-0.4, -0.2) is 40.7 Å². The van der Waals surface area contributed by atoms with E-state index in [0.717, 1.165) is 37.9 Å². The molecule has 5 nitrogen and oxygen atoms in total. The van der Waals surface area contributed by atoms with E-state index in [4.69, 9.17) is 4.52 Å². The van der Waals surface area contributed by atoms with Gasteiger partial charge < -0.3 is 9.84 Å². The summed E-state index contributed by atoms with van der Waals surface area (Å²) in [6, 6.07) is 0.543. The van der Waals surface area contributed by atoms with Gasteiger partial charge in [-0.3, -0.25) is 4.90 Å². The lowest BCUT2D eigenvalue weighted by atomic mass is 10.2. The molecule has 0 spiro atoms. The van der Waals surface area contributed by atoms with Gasteiger partial charge in [-0.1, -0.05) is 19.0 Å². The Kier molecular flexibility index (Phi) is 3.56. The number of piperazine rings is 1. The molecule has 90 valence electrons. The highest BCUT2D eigenvalue weighted by molar-refractivity contribution is 4.92. The third-order valence-electron chi connectivity index (χ3n) is 2.81. The molecule has 1 N–H and O–H groups in total. The first-order valence-corrected chi connectivity index (χ1v) is 5.93. The zero-order chi connectivity index (χ0) is 11.5. The number of rotatable bonds is 3. The first-order valence-electron chi connectivity index (χ1n) is 5.93. The minimum atomic E-state index is 0.333. The van der Waals surface area contributed by atoms with Crippen LogP contribution in [0.5, 0.6) is 0 Å². The second-order valence-corrected chi connectivity index (χ2v) is 4.79. The molecular formula is C11H20N4O. The molecule has 5 heteroatoms. The fraction of sp³-hybridized carbons (Fsp3) is 0.818. The van der Waals surface area contributed by atoms with Crippen LogP contribution in [0.15, 0.2) is 4.52 Å². The molecule has 1 aromatic heterocycles. The highest BCUT2D eigenvalue weighted by atomic mass is 16.5. The van der Waals surface area contributed by atoms with Crippen molar-refractivity contribution in [3.05, 3.63) is 11.7 Å². The molecule has 1 fully saturated rings. The highest BCUT2D eigenvalue weighted by Crippen LogP contribution is 2.11. The molecule has 0 aliphatic carbocycles. The summed E-state index contributed by atoms with van der Waals surface area (Å²) in [5.74, 6) is 1.87. The van der Waals surface area contributed by atoms with Crippen molar-refractivity contribution in [2.75, 3.05) is 19.6 Å². The molecule has 1 unspecified atom stereocenters. The van der Waals surface area contributed by atoms with Crippen molar-refractivity contribution in [3.63, 3.8) is 0 Å². The van der Waals surface area contributed by atoms with E-state index in [1.807, 2.05) is 0 Å². The minimum absolute atomic E-state index is 0.333. The molecular weight excluding hydrogens is 204 g/mol. The standard InChI is InChI=1S/C11H20N4O/c1-8(2)11-13-10(16-14-11)7-15-5-4-12-9(3)6-15/h8-9,12H,4-7H2,1-3H3. The maximum absolute atomic E-state index is 5.24. The summed E-state index contributed by atoms with van der Waals surface area (Å²) in [7, 11) is 0. The summed E-state index contributed by atoms with van der Waals surface area (Å²) < 4.78 is 5.24. The Hall–Kier alpha value is -0.940. The molecule has 0 bridgehead atoms. The lowest BCUT2D eigenvalue weighted by Crippen LogP contribution is -2.48. The van der Waals surface area contributed by atoms with Crippen LogP contribution in [0.3, 0.4) is 0 Å². The molecule has 16 heavy (non-hydrogen) atoms. The molecule has 0 amide bonds. The second-order valence-electron chi connectivity index (χ2n) is 4.79. The van der Waals surface area contributed by atoms with E-state index < -0.39 is 0 Å². The lowest BCUT2D eigenvalue weighted by Gasteiger charge is -2.30. The Morgan fingerprint density at radius 1 is 1.56 bits per heavy atom. The molecule has 1 aromatic rings. The Balaban J connectivity index is 1.92. The van der Waals surface area contributed by atoms with Crippen molar-refractivity contribution in [2.45, 2.75) is 39.3 Å². The maximum Gasteiger partial charge on any atom is 0.240 e. The van der Waals surface area contributed by atoms with E-state index >= 15 is 0 Å². The Morgan fingerprint density at radius 3 is 3.00 bits per heavy atom. The molecule has 0 saturated carbocycles. The minimum Gasteiger partial charge on any atom is -0.338 e. The molecule has 0 radical (unpaired) electrons. The van der Waals surface area contributed by atoms with Crippen molar-refractivity contribution >= 4 is 0 Å². The molecule has 0 aromatic carbocycles. The van der Waals surface area contributed by atoms with Crippen LogP contribution in [0, 0.1) is 0 Å². The predicted octanol–water partition coefficient (Wildman–Crippen LogP) is 0.987. The Morgan fingerprint density at radius 2 is 2.38 bits per heavy atom. The van der Waals surface area contributed by atoms with E-state index in [2.05, 4.69) is 41.1 Å². The smallest absolute Gasteiger partial charge is 0.240 e. The van der Waals surface area contributed by atoms with Crippen LogP contribution in [-0.2, 0) is 6.54 Å². The van der Waals surface area contributed by atoms with Gasteiger partial charge in [0, 0.05) is 31.6 Å². The van der Waals surface area contributed by atoms with Gasteiger partial charge in [0.1, 0.15) is 0 Å². The first-order chi connectivity index (χ1) is 7.65. The van der Waals surface area contributed by atoms with Crippen LogP contribution in [0.2, 0.25) is 0 Å². The van der Waals surface area contributed by atoms with Gasteiger partial charge in [0.05, 0.1) is 6.54 Å². The van der Waals surface area contributed by atoms with Crippen molar-refractivity contribution in [3.8, 4) is 0 Å². The van der Waals surface area contributed by atoms with Crippen LogP contribution < -0.4 is 5.32 Å². The van der Waals surface area contributed by atoms with E-state index in [0.29, 0.717) is 12.0 Å². The summed E-state index contributed by atoms with van der Waals surface area (Å²) in [5, 5.41) is 7.38. The fourth-order valence-electron chi connectivity index (χ4n) is 1.91. The van der Waals surface area contributed by atoms with E-state index in [1.165, 1.54) is 0 Å². The largest absolute Gasteiger partial charge is 0.338 e. The van der Waals surface area contributed by atoms with Crippen molar-refractivity contribution in [1.82, 2.24) is 20.4 Å². The molecule has 1 aliphatic rings. The zero-order valence-corrected chi connectivity index (χ0v) is 10.2. The van der Waals surface area contributed by atoms with Gasteiger partial charge in [0.25, 0.3) is 0 Å². The molecule has 1 saturated heterocycles. The zero-order valence-electron chi connectivity index (χ0n) is 10.2. The van der Waals surface area contributed by atoms with Crippen LogP contribution in [0.1, 0.15) is 38.4 Å². The van der Waals surface area contributed by atoms with Crippen LogP contribution in [0.25, 0.3) is 0 Å². The van der Waals surface area contributed by atoms with Gasteiger partial charge in [0.2, 0.25) is 5.89 Å². The Labute approximate surface area is 96.2 Å². The first kappa shape index (κ1) is 11.5. The van der Waals surface area contributed by atoms with Gasteiger partial charge in [0.15, 0.2) is 5.82 Å². The normalized spacial score (nSPS) is 22.9. The van der Waals surface area contributed by atoms with Crippen molar-refractivity contribution < 1.29 is 4.52 Å². The van der Waals surface area contributed by atoms with Gasteiger partial charge in [-0.2, -0.15) is 4.98 Å². The SMILES string of the molecule is CC1CN(Cc2nc(C(C)C)no2)CCN1. The summed E-state index contributed by atoms with van der Waals surface area (Å²) in [6.07, 6.45) is 0. The average Bonchev–Trinajstić information content (AvgIpc) is 2.66.